The minimum atomic E-state index is -0.657. The summed E-state index contributed by atoms with van der Waals surface area (Å²) in [5, 5.41) is 8.05. The summed E-state index contributed by atoms with van der Waals surface area (Å²) in [5.74, 6) is 1.69. The Morgan fingerprint density at radius 2 is 2.12 bits per heavy atom. The number of ether oxygens (including phenoxy) is 1. The number of imidazole rings is 1. The second kappa shape index (κ2) is 7.86. The lowest BCUT2D eigenvalue weighted by molar-refractivity contribution is -0.104. The zero-order valence-electron chi connectivity index (χ0n) is 19.3. The van der Waals surface area contributed by atoms with Crippen LogP contribution in [-0.2, 0) is 10.6 Å². The third-order valence-corrected chi connectivity index (χ3v) is 8.41. The van der Waals surface area contributed by atoms with Gasteiger partial charge >= 0.3 is 0 Å². The lowest BCUT2D eigenvalue weighted by Crippen LogP contribution is -2.64. The van der Waals surface area contributed by atoms with Crippen LogP contribution in [-0.4, -0.2) is 47.0 Å². The topological polar surface area (TPSA) is 63.9 Å². The van der Waals surface area contributed by atoms with Gasteiger partial charge in [0.1, 0.15) is 5.75 Å². The molecule has 0 amide bonds. The molecule has 1 spiro atoms. The van der Waals surface area contributed by atoms with E-state index in [1.807, 2.05) is 29.8 Å². The van der Waals surface area contributed by atoms with E-state index in [4.69, 9.17) is 21.2 Å². The second-order valence-electron chi connectivity index (χ2n) is 9.48. The molecular formula is C25H26ClN5O2S. The SMILES string of the molecule is COc1cc(C=C2CC3(CNC3)CN3C2=NOC3(C)c2ccc(Cl)s2)ccc1-n1cnc(C)c1. The Balaban J connectivity index is 1.38. The summed E-state index contributed by atoms with van der Waals surface area (Å²) >= 11 is 7.80. The number of nitrogens with one attached hydrogen (secondary N) is 1. The summed E-state index contributed by atoms with van der Waals surface area (Å²) in [7, 11) is 1.70. The van der Waals surface area contributed by atoms with Gasteiger partial charge in [0.2, 0.25) is 5.72 Å². The molecule has 3 aliphatic heterocycles. The maximum absolute atomic E-state index is 6.26. The van der Waals surface area contributed by atoms with E-state index in [-0.39, 0.29) is 5.41 Å². The van der Waals surface area contributed by atoms with Gasteiger partial charge in [-0.05, 0) is 54.8 Å². The molecule has 3 aromatic rings. The van der Waals surface area contributed by atoms with Gasteiger partial charge in [0.15, 0.2) is 5.84 Å². The molecule has 1 aromatic carbocycles. The first kappa shape index (κ1) is 21.7. The Bertz CT molecular complexity index is 1320. The van der Waals surface area contributed by atoms with Crippen molar-refractivity contribution in [1.82, 2.24) is 19.8 Å². The number of methoxy groups -OCH3 is 1. The standard InChI is InChI=1S/C25H26ClN5O2S/c1-16-11-30(15-28-16)19-5-4-17(9-20(19)32-3)8-18-10-25(12-27-13-25)14-31-23(18)29-33-24(31,2)21-6-7-22(26)34-21/h4-9,11,15,27H,10,12-14H2,1-3H3. The first-order valence-corrected chi connectivity index (χ1v) is 12.5. The van der Waals surface area contributed by atoms with Crippen molar-refractivity contribution in [2.45, 2.75) is 26.0 Å². The largest absolute Gasteiger partial charge is 0.495 e. The number of thiophene rings is 1. The number of oxime groups is 1. The van der Waals surface area contributed by atoms with Gasteiger partial charge in [-0.3, -0.25) is 0 Å². The summed E-state index contributed by atoms with van der Waals surface area (Å²) < 4.78 is 8.46. The second-order valence-corrected chi connectivity index (χ2v) is 11.2. The highest BCUT2D eigenvalue weighted by atomic mass is 35.5. The van der Waals surface area contributed by atoms with Crippen LogP contribution in [0, 0.1) is 12.3 Å². The van der Waals surface area contributed by atoms with E-state index in [0.717, 1.165) is 63.8 Å². The molecule has 9 heteroatoms. The predicted molar refractivity (Wildman–Crippen MR) is 135 cm³/mol. The summed E-state index contributed by atoms with van der Waals surface area (Å²) in [4.78, 5) is 13.8. The van der Waals surface area contributed by atoms with E-state index >= 15 is 0 Å². The number of amidine groups is 1. The quantitative estimate of drug-likeness (QED) is 0.563. The van der Waals surface area contributed by atoms with Crippen LogP contribution in [0.4, 0.5) is 0 Å². The molecule has 1 atom stereocenters. The third kappa shape index (κ3) is 3.43. The van der Waals surface area contributed by atoms with Crippen molar-refractivity contribution >= 4 is 34.8 Å². The zero-order chi connectivity index (χ0) is 23.5. The number of fused-ring (bicyclic) bond motifs is 1. The monoisotopic (exact) mass is 495 g/mol. The number of halogens is 1. The molecule has 5 heterocycles. The van der Waals surface area contributed by atoms with E-state index < -0.39 is 5.72 Å². The smallest absolute Gasteiger partial charge is 0.243 e. The molecule has 2 saturated heterocycles. The first-order valence-electron chi connectivity index (χ1n) is 11.3. The van der Waals surface area contributed by atoms with Crippen molar-refractivity contribution in [3.8, 4) is 11.4 Å². The van der Waals surface area contributed by atoms with Crippen LogP contribution in [0.2, 0.25) is 4.34 Å². The van der Waals surface area contributed by atoms with Gasteiger partial charge in [-0.25, -0.2) is 4.98 Å². The summed E-state index contributed by atoms with van der Waals surface area (Å²) in [6.45, 7) is 6.92. The lowest BCUT2D eigenvalue weighted by atomic mass is 9.72. The van der Waals surface area contributed by atoms with E-state index in [1.165, 1.54) is 5.57 Å². The Labute approximate surface area is 207 Å². The lowest BCUT2D eigenvalue weighted by Gasteiger charge is -2.51. The van der Waals surface area contributed by atoms with Crippen molar-refractivity contribution in [1.29, 1.82) is 0 Å². The number of nitrogens with zero attached hydrogens (tertiary/aromatic N) is 4. The minimum absolute atomic E-state index is 0.166. The molecule has 0 aliphatic carbocycles. The first-order chi connectivity index (χ1) is 16.4. The number of benzene rings is 1. The van der Waals surface area contributed by atoms with Gasteiger partial charge in [-0.1, -0.05) is 22.8 Å². The molecule has 6 rings (SSSR count). The van der Waals surface area contributed by atoms with Gasteiger partial charge in [0, 0.05) is 38.2 Å². The van der Waals surface area contributed by atoms with Gasteiger partial charge in [-0.2, -0.15) is 0 Å². The zero-order valence-corrected chi connectivity index (χ0v) is 20.9. The van der Waals surface area contributed by atoms with Gasteiger partial charge in [0.05, 0.1) is 34.0 Å². The number of hydrogen-bond donors (Lipinski definition) is 1. The van der Waals surface area contributed by atoms with E-state index in [2.05, 4.69) is 51.6 Å². The predicted octanol–water partition coefficient (Wildman–Crippen LogP) is 4.80. The van der Waals surface area contributed by atoms with Crippen LogP contribution < -0.4 is 10.1 Å². The van der Waals surface area contributed by atoms with Crippen molar-refractivity contribution in [3.05, 3.63) is 68.9 Å². The molecule has 0 saturated carbocycles. The number of aromatic nitrogens is 2. The molecule has 34 heavy (non-hydrogen) atoms. The van der Waals surface area contributed by atoms with Crippen LogP contribution in [0.15, 0.2) is 53.6 Å². The van der Waals surface area contributed by atoms with Crippen molar-refractivity contribution in [2.24, 2.45) is 10.6 Å². The fourth-order valence-corrected chi connectivity index (χ4v) is 6.22. The molecule has 176 valence electrons. The minimum Gasteiger partial charge on any atom is -0.495 e. The molecule has 7 nitrogen and oxygen atoms in total. The summed E-state index contributed by atoms with van der Waals surface area (Å²) in [6, 6.07) is 10.2. The molecule has 2 aromatic heterocycles. The highest BCUT2D eigenvalue weighted by Crippen LogP contribution is 2.48. The number of rotatable bonds is 4. The molecule has 0 bridgehead atoms. The van der Waals surface area contributed by atoms with E-state index in [1.54, 1.807) is 24.8 Å². The van der Waals surface area contributed by atoms with Crippen LogP contribution in [0.25, 0.3) is 11.8 Å². The van der Waals surface area contributed by atoms with Crippen LogP contribution in [0.3, 0.4) is 0 Å². The Morgan fingerprint density at radius 3 is 2.76 bits per heavy atom. The Morgan fingerprint density at radius 1 is 1.26 bits per heavy atom. The number of aryl methyl sites for hydroxylation is 1. The number of piperidine rings is 1. The fraction of sp³-hybridized carbons (Fsp3) is 0.360. The van der Waals surface area contributed by atoms with Crippen LogP contribution in [0.1, 0.15) is 29.5 Å². The van der Waals surface area contributed by atoms with Crippen LogP contribution >= 0.6 is 22.9 Å². The molecular weight excluding hydrogens is 470 g/mol. The molecule has 0 radical (unpaired) electrons. The van der Waals surface area contributed by atoms with Crippen LogP contribution in [0.5, 0.6) is 5.75 Å². The third-order valence-electron chi connectivity index (χ3n) is 6.99. The molecule has 3 aliphatic rings. The molecule has 1 N–H and O–H groups in total. The summed E-state index contributed by atoms with van der Waals surface area (Å²) in [5.41, 5.74) is 3.66. The van der Waals surface area contributed by atoms with E-state index in [9.17, 15) is 0 Å². The fourth-order valence-electron chi connectivity index (χ4n) is 5.09. The maximum Gasteiger partial charge on any atom is 0.243 e. The van der Waals surface area contributed by atoms with Crippen molar-refractivity contribution < 1.29 is 9.57 Å². The Kier molecular flexibility index (Phi) is 5.02. The van der Waals surface area contributed by atoms with Gasteiger partial charge in [0.25, 0.3) is 0 Å². The van der Waals surface area contributed by atoms with Gasteiger partial charge < -0.3 is 24.4 Å². The highest BCUT2D eigenvalue weighted by molar-refractivity contribution is 7.16. The number of hydrogen-bond acceptors (Lipinski definition) is 7. The molecule has 1 unspecified atom stereocenters. The average molecular weight is 496 g/mol. The van der Waals surface area contributed by atoms with Crippen molar-refractivity contribution in [3.63, 3.8) is 0 Å². The van der Waals surface area contributed by atoms with E-state index in [0.29, 0.717) is 0 Å². The maximum atomic E-state index is 6.26. The highest BCUT2D eigenvalue weighted by Gasteiger charge is 2.54. The molecule has 2 fully saturated rings. The normalized spacial score (nSPS) is 24.1. The van der Waals surface area contributed by atoms with Gasteiger partial charge in [-0.15, -0.1) is 11.3 Å². The Hall–Kier alpha value is -2.81. The van der Waals surface area contributed by atoms with Crippen molar-refractivity contribution in [2.75, 3.05) is 26.7 Å². The average Bonchev–Trinajstić information content (AvgIpc) is 3.52. The summed E-state index contributed by atoms with van der Waals surface area (Å²) in [6.07, 6.45) is 6.96.